The molecule has 114 valence electrons. The van der Waals surface area contributed by atoms with E-state index < -0.39 is 10.0 Å². The average molecular weight is 290 g/mol. The minimum absolute atomic E-state index is 0.136. The Balaban J connectivity index is 2.31. The van der Waals surface area contributed by atoms with Crippen molar-refractivity contribution < 1.29 is 8.42 Å². The molecule has 5 heteroatoms. The second-order valence-electron chi connectivity index (χ2n) is 6.92. The topological polar surface area (TPSA) is 58.2 Å². The van der Waals surface area contributed by atoms with Gasteiger partial charge in [-0.2, -0.15) is 0 Å². The molecule has 0 aromatic rings. The largest absolute Gasteiger partial charge is 0.317 e. The summed E-state index contributed by atoms with van der Waals surface area (Å²) >= 11 is 0. The van der Waals surface area contributed by atoms with Crippen molar-refractivity contribution in [2.75, 3.05) is 25.4 Å². The van der Waals surface area contributed by atoms with Crippen LogP contribution in [0.3, 0.4) is 0 Å². The van der Waals surface area contributed by atoms with Crippen LogP contribution in [-0.4, -0.2) is 33.8 Å². The summed E-state index contributed by atoms with van der Waals surface area (Å²) in [5.41, 5.74) is 0.136. The molecule has 0 saturated carbocycles. The molecule has 4 nitrogen and oxygen atoms in total. The molecule has 2 N–H and O–H groups in total. The van der Waals surface area contributed by atoms with E-state index in [1.807, 2.05) is 0 Å². The molecule has 1 fully saturated rings. The van der Waals surface area contributed by atoms with Gasteiger partial charge in [-0.05, 0) is 49.6 Å². The molecule has 0 radical (unpaired) electrons. The number of piperidine rings is 1. The van der Waals surface area contributed by atoms with Gasteiger partial charge in [0.1, 0.15) is 0 Å². The highest BCUT2D eigenvalue weighted by Gasteiger charge is 2.23. The molecule has 1 saturated heterocycles. The smallest absolute Gasteiger partial charge is 0.211 e. The Morgan fingerprint density at radius 3 is 2.37 bits per heavy atom. The van der Waals surface area contributed by atoms with Crippen LogP contribution in [0, 0.1) is 17.3 Å². The van der Waals surface area contributed by atoms with Crippen LogP contribution < -0.4 is 10.0 Å². The Bertz CT molecular complexity index is 354. The lowest BCUT2D eigenvalue weighted by Gasteiger charge is -2.27. The van der Waals surface area contributed by atoms with Gasteiger partial charge in [0, 0.05) is 6.54 Å². The summed E-state index contributed by atoms with van der Waals surface area (Å²) in [6, 6.07) is 0. The fourth-order valence-corrected chi connectivity index (χ4v) is 3.41. The van der Waals surface area contributed by atoms with Crippen LogP contribution >= 0.6 is 0 Å². The molecule has 1 aliphatic heterocycles. The summed E-state index contributed by atoms with van der Waals surface area (Å²) in [7, 11) is -3.11. The lowest BCUT2D eigenvalue weighted by molar-refractivity contribution is 0.263. The minimum atomic E-state index is -3.11. The maximum Gasteiger partial charge on any atom is 0.211 e. The van der Waals surface area contributed by atoms with Crippen molar-refractivity contribution in [3.05, 3.63) is 0 Å². The summed E-state index contributed by atoms with van der Waals surface area (Å²) in [5.74, 6) is 1.17. The average Bonchev–Trinajstić information content (AvgIpc) is 2.34. The molecule has 1 heterocycles. The molecule has 1 aliphatic rings. The molecule has 1 rings (SSSR count). The van der Waals surface area contributed by atoms with Crippen molar-refractivity contribution in [2.24, 2.45) is 17.3 Å². The second-order valence-corrected chi connectivity index (χ2v) is 8.84. The van der Waals surface area contributed by atoms with E-state index in [1.165, 1.54) is 0 Å². The molecule has 0 aliphatic carbocycles. The predicted octanol–water partition coefficient (Wildman–Crippen LogP) is 1.98. The fourth-order valence-electron chi connectivity index (χ4n) is 2.12. The van der Waals surface area contributed by atoms with Gasteiger partial charge in [0.05, 0.1) is 5.75 Å². The first-order valence-corrected chi connectivity index (χ1v) is 9.04. The monoisotopic (exact) mass is 290 g/mol. The third kappa shape index (κ3) is 6.72. The molecule has 19 heavy (non-hydrogen) atoms. The lowest BCUT2D eigenvalue weighted by atomic mass is 9.82. The van der Waals surface area contributed by atoms with Crippen molar-refractivity contribution in [3.8, 4) is 0 Å². The fraction of sp³-hybridized carbons (Fsp3) is 1.00. The molecule has 0 spiro atoms. The molecule has 1 atom stereocenters. The van der Waals surface area contributed by atoms with E-state index >= 15 is 0 Å². The van der Waals surface area contributed by atoms with Crippen molar-refractivity contribution in [1.82, 2.24) is 10.0 Å². The van der Waals surface area contributed by atoms with Crippen molar-refractivity contribution in [2.45, 2.75) is 47.0 Å². The summed E-state index contributed by atoms with van der Waals surface area (Å²) in [4.78, 5) is 0. The molecule has 0 amide bonds. The maximum atomic E-state index is 12.0. The molecule has 0 aromatic carbocycles. The number of rotatable bonds is 6. The van der Waals surface area contributed by atoms with Crippen LogP contribution in [0.4, 0.5) is 0 Å². The van der Waals surface area contributed by atoms with Crippen LogP contribution in [0.15, 0.2) is 0 Å². The highest BCUT2D eigenvalue weighted by molar-refractivity contribution is 7.89. The Labute approximate surface area is 118 Å². The number of hydrogen-bond donors (Lipinski definition) is 2. The number of sulfonamides is 1. The lowest BCUT2D eigenvalue weighted by Crippen LogP contribution is -2.36. The van der Waals surface area contributed by atoms with Gasteiger partial charge in [0.25, 0.3) is 0 Å². The van der Waals surface area contributed by atoms with Crippen LogP contribution in [0.5, 0.6) is 0 Å². The van der Waals surface area contributed by atoms with E-state index in [0.29, 0.717) is 18.4 Å². The minimum Gasteiger partial charge on any atom is -0.317 e. The SMILES string of the molecule is CC(CNS(=O)(=O)CCC1CCNCC1)C(C)(C)C. The normalized spacial score (nSPS) is 20.4. The van der Waals surface area contributed by atoms with Crippen LogP contribution in [-0.2, 0) is 10.0 Å². The van der Waals surface area contributed by atoms with E-state index in [-0.39, 0.29) is 11.2 Å². The second kappa shape index (κ2) is 7.04. The molecule has 0 aromatic heterocycles. The zero-order valence-corrected chi connectivity index (χ0v) is 13.6. The van der Waals surface area contributed by atoms with Crippen LogP contribution in [0.2, 0.25) is 0 Å². The summed E-state index contributed by atoms with van der Waals surface area (Å²) in [6.07, 6.45) is 3.00. The Morgan fingerprint density at radius 1 is 1.26 bits per heavy atom. The van der Waals surface area contributed by atoms with Gasteiger partial charge < -0.3 is 5.32 Å². The number of hydrogen-bond acceptors (Lipinski definition) is 3. The first kappa shape index (κ1) is 16.9. The Hall–Kier alpha value is -0.130. The van der Waals surface area contributed by atoms with Gasteiger partial charge >= 0.3 is 0 Å². The zero-order valence-electron chi connectivity index (χ0n) is 12.8. The van der Waals surface area contributed by atoms with Gasteiger partial charge in [-0.1, -0.05) is 27.7 Å². The van der Waals surface area contributed by atoms with Gasteiger partial charge in [0.2, 0.25) is 10.0 Å². The van der Waals surface area contributed by atoms with Crippen LogP contribution in [0.25, 0.3) is 0 Å². The van der Waals surface area contributed by atoms with Gasteiger partial charge in [-0.25, -0.2) is 13.1 Å². The highest BCUT2D eigenvalue weighted by Crippen LogP contribution is 2.24. The van der Waals surface area contributed by atoms with E-state index in [4.69, 9.17) is 0 Å². The quantitative estimate of drug-likeness (QED) is 0.786. The third-order valence-corrected chi connectivity index (χ3v) is 5.72. The van der Waals surface area contributed by atoms with E-state index in [1.54, 1.807) is 0 Å². The standard InChI is InChI=1S/C14H30N2O2S/c1-12(14(2,3)4)11-16-19(17,18)10-7-13-5-8-15-9-6-13/h12-13,15-16H,5-11H2,1-4H3. The van der Waals surface area contributed by atoms with E-state index in [0.717, 1.165) is 32.4 Å². The van der Waals surface area contributed by atoms with Gasteiger partial charge in [-0.3, -0.25) is 0 Å². The van der Waals surface area contributed by atoms with Gasteiger partial charge in [0.15, 0.2) is 0 Å². The first-order valence-electron chi connectivity index (χ1n) is 7.39. The molecule has 0 bridgehead atoms. The van der Waals surface area contributed by atoms with Crippen molar-refractivity contribution >= 4 is 10.0 Å². The molecular weight excluding hydrogens is 260 g/mol. The summed E-state index contributed by atoms with van der Waals surface area (Å²) < 4.78 is 26.7. The summed E-state index contributed by atoms with van der Waals surface area (Å²) in [5, 5.41) is 3.30. The van der Waals surface area contributed by atoms with Crippen molar-refractivity contribution in [3.63, 3.8) is 0 Å². The highest BCUT2D eigenvalue weighted by atomic mass is 32.2. The van der Waals surface area contributed by atoms with E-state index in [2.05, 4.69) is 37.7 Å². The first-order chi connectivity index (χ1) is 8.71. The molecular formula is C14H30N2O2S. The third-order valence-electron chi connectivity index (χ3n) is 4.34. The Kier molecular flexibility index (Phi) is 6.27. The Morgan fingerprint density at radius 2 is 1.84 bits per heavy atom. The zero-order chi connectivity index (χ0) is 14.5. The summed E-state index contributed by atoms with van der Waals surface area (Å²) in [6.45, 7) is 11.1. The van der Waals surface area contributed by atoms with Crippen molar-refractivity contribution in [1.29, 1.82) is 0 Å². The maximum absolute atomic E-state index is 12.0. The van der Waals surface area contributed by atoms with Crippen LogP contribution in [0.1, 0.15) is 47.0 Å². The predicted molar refractivity (Wildman–Crippen MR) is 80.6 cm³/mol. The van der Waals surface area contributed by atoms with E-state index in [9.17, 15) is 8.42 Å². The number of nitrogens with one attached hydrogen (secondary N) is 2. The van der Waals surface area contributed by atoms with Gasteiger partial charge in [-0.15, -0.1) is 0 Å². The molecule has 1 unspecified atom stereocenters.